The van der Waals surface area contributed by atoms with Crippen LogP contribution < -0.4 is 10.6 Å². The molecule has 2 rings (SSSR count). The number of rotatable bonds is 6. The van der Waals surface area contributed by atoms with Crippen molar-refractivity contribution in [3.05, 3.63) is 38.5 Å². The summed E-state index contributed by atoms with van der Waals surface area (Å²) in [5, 5.41) is 9.92. The molecule has 138 valence electrons. The van der Waals surface area contributed by atoms with Crippen LogP contribution in [0, 0.1) is 0 Å². The average molecular weight is 391 g/mol. The Labute approximate surface area is 153 Å². The van der Waals surface area contributed by atoms with Gasteiger partial charge in [0.25, 0.3) is 0 Å². The molecule has 0 aliphatic heterocycles. The van der Waals surface area contributed by atoms with E-state index in [2.05, 4.69) is 40.5 Å². The maximum absolute atomic E-state index is 12.5. The van der Waals surface area contributed by atoms with Crippen LogP contribution in [0.4, 0.5) is 13.2 Å². The molecule has 0 unspecified atom stereocenters. The summed E-state index contributed by atoms with van der Waals surface area (Å²) in [5.41, 5.74) is -0.865. The second-order valence-corrected chi connectivity index (χ2v) is 7.98. The SMILES string of the molecule is CN=C(NCCc1nc(C(F)(F)F)cs1)NCC(C)(C)c1cccs1. The maximum atomic E-state index is 12.5. The monoisotopic (exact) mass is 390 g/mol. The van der Waals surface area contributed by atoms with Gasteiger partial charge >= 0.3 is 6.18 Å². The van der Waals surface area contributed by atoms with Gasteiger partial charge in [0, 0.05) is 42.2 Å². The standard InChI is InChI=1S/C16H21F3N4S2/c1-15(2,12-5-4-8-24-12)10-22-14(20-3)21-7-6-13-23-11(9-25-13)16(17,18)19/h4-5,8-9H,6-7,10H2,1-3H3,(H2,20,21,22). The van der Waals surface area contributed by atoms with Gasteiger partial charge in [-0.25, -0.2) is 4.98 Å². The Morgan fingerprint density at radius 2 is 2.00 bits per heavy atom. The number of alkyl halides is 3. The van der Waals surface area contributed by atoms with Crippen molar-refractivity contribution in [3.63, 3.8) is 0 Å². The second kappa shape index (κ2) is 8.18. The normalized spacial score (nSPS) is 13.1. The topological polar surface area (TPSA) is 49.3 Å². The van der Waals surface area contributed by atoms with Crippen molar-refractivity contribution in [2.75, 3.05) is 20.1 Å². The zero-order chi connectivity index (χ0) is 18.5. The summed E-state index contributed by atoms with van der Waals surface area (Å²) < 4.78 is 37.6. The molecule has 25 heavy (non-hydrogen) atoms. The number of aliphatic imine (C=N–C) groups is 1. The van der Waals surface area contributed by atoms with Gasteiger partial charge in [-0.2, -0.15) is 13.2 Å². The highest BCUT2D eigenvalue weighted by Gasteiger charge is 2.33. The number of halogens is 3. The lowest BCUT2D eigenvalue weighted by atomic mass is 9.91. The molecule has 2 aromatic heterocycles. The van der Waals surface area contributed by atoms with E-state index in [1.807, 2.05) is 11.4 Å². The maximum Gasteiger partial charge on any atom is 0.434 e. The molecule has 0 atom stereocenters. The lowest BCUT2D eigenvalue weighted by Crippen LogP contribution is -2.43. The van der Waals surface area contributed by atoms with Crippen LogP contribution in [0.1, 0.15) is 29.4 Å². The summed E-state index contributed by atoms with van der Waals surface area (Å²) in [5.74, 6) is 0.622. The molecule has 0 radical (unpaired) electrons. The molecule has 0 fully saturated rings. The number of nitrogens with one attached hydrogen (secondary N) is 2. The predicted molar refractivity (Wildman–Crippen MR) is 97.5 cm³/mol. The van der Waals surface area contributed by atoms with Crippen LogP contribution in [-0.2, 0) is 18.0 Å². The van der Waals surface area contributed by atoms with E-state index in [1.165, 1.54) is 4.88 Å². The summed E-state index contributed by atoms with van der Waals surface area (Å²) in [6.07, 6.45) is -3.97. The van der Waals surface area contributed by atoms with Gasteiger partial charge in [-0.05, 0) is 11.4 Å². The molecule has 0 aliphatic carbocycles. The van der Waals surface area contributed by atoms with Gasteiger partial charge < -0.3 is 10.6 Å². The first kappa shape index (κ1) is 19.7. The molecule has 9 heteroatoms. The van der Waals surface area contributed by atoms with Gasteiger partial charge in [-0.1, -0.05) is 19.9 Å². The van der Waals surface area contributed by atoms with E-state index in [-0.39, 0.29) is 5.41 Å². The molecule has 0 bridgehead atoms. The van der Waals surface area contributed by atoms with E-state index in [1.54, 1.807) is 18.4 Å². The zero-order valence-electron chi connectivity index (χ0n) is 14.3. The molecular weight excluding hydrogens is 369 g/mol. The van der Waals surface area contributed by atoms with E-state index in [0.29, 0.717) is 30.5 Å². The molecule has 0 spiro atoms. The molecule has 0 saturated carbocycles. The predicted octanol–water partition coefficient (Wildman–Crippen LogP) is 3.91. The van der Waals surface area contributed by atoms with E-state index in [0.717, 1.165) is 16.7 Å². The number of hydrogen-bond donors (Lipinski definition) is 2. The second-order valence-electron chi connectivity index (χ2n) is 6.09. The van der Waals surface area contributed by atoms with Crippen LogP contribution in [0.5, 0.6) is 0 Å². The van der Waals surface area contributed by atoms with Crippen molar-refractivity contribution < 1.29 is 13.2 Å². The summed E-state index contributed by atoms with van der Waals surface area (Å²) in [4.78, 5) is 9.04. The first-order valence-corrected chi connectivity index (χ1v) is 9.48. The highest BCUT2D eigenvalue weighted by molar-refractivity contribution is 7.10. The van der Waals surface area contributed by atoms with Crippen molar-refractivity contribution in [2.45, 2.75) is 31.9 Å². The van der Waals surface area contributed by atoms with E-state index >= 15 is 0 Å². The van der Waals surface area contributed by atoms with Crippen LogP contribution >= 0.6 is 22.7 Å². The first-order chi connectivity index (χ1) is 11.7. The number of nitrogens with zero attached hydrogens (tertiary/aromatic N) is 2. The minimum absolute atomic E-state index is 0.0390. The largest absolute Gasteiger partial charge is 0.434 e. The van der Waals surface area contributed by atoms with Crippen molar-refractivity contribution >= 4 is 28.6 Å². The fourth-order valence-electron chi connectivity index (χ4n) is 2.12. The van der Waals surface area contributed by atoms with Gasteiger partial charge in [0.15, 0.2) is 11.7 Å². The fraction of sp³-hybridized carbons (Fsp3) is 0.500. The third-order valence-electron chi connectivity index (χ3n) is 3.58. The van der Waals surface area contributed by atoms with Crippen molar-refractivity contribution in [2.24, 2.45) is 4.99 Å². The minimum atomic E-state index is -4.38. The molecule has 0 aliphatic rings. The van der Waals surface area contributed by atoms with E-state index < -0.39 is 11.9 Å². The lowest BCUT2D eigenvalue weighted by molar-refractivity contribution is -0.140. The minimum Gasteiger partial charge on any atom is -0.356 e. The van der Waals surface area contributed by atoms with Gasteiger partial charge in [-0.3, -0.25) is 4.99 Å². The van der Waals surface area contributed by atoms with Crippen LogP contribution in [0.25, 0.3) is 0 Å². The molecular formula is C16H21F3N4S2. The molecule has 0 amide bonds. The molecule has 0 saturated heterocycles. The third kappa shape index (κ3) is 5.71. The van der Waals surface area contributed by atoms with Gasteiger partial charge in [0.1, 0.15) is 0 Å². The van der Waals surface area contributed by atoms with Crippen LogP contribution in [0.3, 0.4) is 0 Å². The first-order valence-electron chi connectivity index (χ1n) is 7.72. The average Bonchev–Trinajstić information content (AvgIpc) is 3.21. The van der Waals surface area contributed by atoms with Crippen molar-refractivity contribution in [3.8, 4) is 0 Å². The summed E-state index contributed by atoms with van der Waals surface area (Å²) >= 11 is 2.73. The Balaban J connectivity index is 1.80. The van der Waals surface area contributed by atoms with Gasteiger partial charge in [0.2, 0.25) is 0 Å². The summed E-state index contributed by atoms with van der Waals surface area (Å²) in [6, 6.07) is 4.13. The number of guanidine groups is 1. The summed E-state index contributed by atoms with van der Waals surface area (Å²) in [7, 11) is 1.67. The smallest absolute Gasteiger partial charge is 0.356 e. The number of thiazole rings is 1. The molecule has 2 N–H and O–H groups in total. The Bertz CT molecular complexity index is 691. The van der Waals surface area contributed by atoms with Crippen molar-refractivity contribution in [1.29, 1.82) is 0 Å². The van der Waals surface area contributed by atoms with Crippen molar-refractivity contribution in [1.82, 2.24) is 15.6 Å². The van der Waals surface area contributed by atoms with Gasteiger partial charge in [-0.15, -0.1) is 22.7 Å². The Morgan fingerprint density at radius 3 is 2.56 bits per heavy atom. The van der Waals surface area contributed by atoms with E-state index in [4.69, 9.17) is 0 Å². The van der Waals surface area contributed by atoms with Crippen LogP contribution in [0.15, 0.2) is 27.9 Å². The lowest BCUT2D eigenvalue weighted by Gasteiger charge is -2.25. The quantitative estimate of drug-likeness (QED) is 0.581. The number of aromatic nitrogens is 1. The van der Waals surface area contributed by atoms with Crippen LogP contribution in [-0.4, -0.2) is 31.1 Å². The Morgan fingerprint density at radius 1 is 1.24 bits per heavy atom. The molecule has 2 heterocycles. The molecule has 2 aromatic rings. The van der Waals surface area contributed by atoms with E-state index in [9.17, 15) is 13.2 Å². The number of thiophene rings is 1. The molecule has 0 aromatic carbocycles. The zero-order valence-corrected chi connectivity index (χ0v) is 15.9. The third-order valence-corrected chi connectivity index (χ3v) is 5.73. The van der Waals surface area contributed by atoms with Gasteiger partial charge in [0.05, 0.1) is 5.01 Å². The Kier molecular flexibility index (Phi) is 6.45. The van der Waals surface area contributed by atoms with Crippen LogP contribution in [0.2, 0.25) is 0 Å². The highest BCUT2D eigenvalue weighted by atomic mass is 32.1. The summed E-state index contributed by atoms with van der Waals surface area (Å²) in [6.45, 7) is 5.45. The number of hydrogen-bond acceptors (Lipinski definition) is 4. The molecule has 4 nitrogen and oxygen atoms in total. The highest BCUT2D eigenvalue weighted by Crippen LogP contribution is 2.30. The fourth-order valence-corrected chi connectivity index (χ4v) is 3.78. The Hall–Kier alpha value is -1.61.